The van der Waals surface area contributed by atoms with Crippen LogP contribution in [0.2, 0.25) is 0 Å². The number of nitro groups is 2. The van der Waals surface area contributed by atoms with E-state index in [0.717, 1.165) is 24.3 Å². The van der Waals surface area contributed by atoms with Crippen molar-refractivity contribution in [3.05, 3.63) is 80.9 Å². The number of para-hydroxylation sites is 2. The molecule has 0 spiro atoms. The molecule has 1 aliphatic rings. The molecule has 170 valence electrons. The van der Waals surface area contributed by atoms with Crippen LogP contribution in [0.4, 0.5) is 11.4 Å². The highest BCUT2D eigenvalue weighted by molar-refractivity contribution is 7.90. The second-order valence-electron chi connectivity index (χ2n) is 6.83. The summed E-state index contributed by atoms with van der Waals surface area (Å²) in [4.78, 5) is 19.6. The Morgan fingerprint density at radius 3 is 1.75 bits per heavy atom. The molecular formula is C18H18N4O8S2. The molecular weight excluding hydrogens is 464 g/mol. The Labute approximate surface area is 183 Å². The predicted octanol–water partition coefficient (Wildman–Crippen LogP) is 1.85. The third-order valence-corrected chi connectivity index (χ3v) is 7.77. The van der Waals surface area contributed by atoms with E-state index in [1.54, 1.807) is 6.08 Å². The van der Waals surface area contributed by atoms with Gasteiger partial charge >= 0.3 is 0 Å². The van der Waals surface area contributed by atoms with Crippen LogP contribution in [0.5, 0.6) is 0 Å². The van der Waals surface area contributed by atoms with Gasteiger partial charge in [-0.1, -0.05) is 36.4 Å². The minimum absolute atomic E-state index is 0.195. The Balaban J connectivity index is 1.91. The molecule has 3 rings (SSSR count). The van der Waals surface area contributed by atoms with E-state index in [1.165, 1.54) is 30.3 Å². The van der Waals surface area contributed by atoms with E-state index >= 15 is 0 Å². The summed E-state index contributed by atoms with van der Waals surface area (Å²) in [5.41, 5.74) is -1.25. The van der Waals surface area contributed by atoms with Gasteiger partial charge in [0.25, 0.3) is 11.4 Å². The molecule has 14 heteroatoms. The molecule has 32 heavy (non-hydrogen) atoms. The van der Waals surface area contributed by atoms with Crippen LogP contribution >= 0.6 is 0 Å². The first-order valence-electron chi connectivity index (χ1n) is 9.21. The molecule has 2 aromatic rings. The van der Waals surface area contributed by atoms with E-state index < -0.39 is 63.1 Å². The van der Waals surface area contributed by atoms with Crippen molar-refractivity contribution in [3.63, 3.8) is 0 Å². The minimum Gasteiger partial charge on any atom is -0.258 e. The molecule has 1 aliphatic carbocycles. The highest BCUT2D eigenvalue weighted by atomic mass is 32.2. The van der Waals surface area contributed by atoms with Crippen molar-refractivity contribution in [2.45, 2.75) is 34.7 Å². The van der Waals surface area contributed by atoms with E-state index in [0.29, 0.717) is 6.42 Å². The molecule has 2 atom stereocenters. The third kappa shape index (κ3) is 4.99. The van der Waals surface area contributed by atoms with E-state index in [1.807, 2.05) is 0 Å². The number of rotatable bonds is 8. The highest BCUT2D eigenvalue weighted by Crippen LogP contribution is 2.26. The van der Waals surface area contributed by atoms with Crippen molar-refractivity contribution in [2.24, 2.45) is 0 Å². The Kier molecular flexibility index (Phi) is 6.68. The average Bonchev–Trinajstić information content (AvgIpc) is 2.74. The van der Waals surface area contributed by atoms with E-state index in [4.69, 9.17) is 0 Å². The standard InChI is InChI=1S/C18H18N4O8S2/c23-21(24)15-9-3-5-11-17(15)31(27,28)19-13-7-1-2-8-14(13)20-32(29,30)18-12-6-4-10-16(18)22(25)26/h1,3-7,9-14,19-20H,2,8H2. The van der Waals surface area contributed by atoms with Gasteiger partial charge in [-0.3, -0.25) is 20.2 Å². The number of sulfonamides is 2. The van der Waals surface area contributed by atoms with Gasteiger partial charge in [0.2, 0.25) is 20.0 Å². The van der Waals surface area contributed by atoms with Crippen molar-refractivity contribution < 1.29 is 26.7 Å². The summed E-state index contributed by atoms with van der Waals surface area (Å²) in [6.07, 6.45) is 3.69. The fourth-order valence-electron chi connectivity index (χ4n) is 3.26. The molecule has 12 nitrogen and oxygen atoms in total. The Morgan fingerprint density at radius 2 is 1.25 bits per heavy atom. The quantitative estimate of drug-likeness (QED) is 0.325. The molecule has 0 radical (unpaired) electrons. The average molecular weight is 482 g/mol. The topological polar surface area (TPSA) is 179 Å². The summed E-state index contributed by atoms with van der Waals surface area (Å²) in [6.45, 7) is 0. The summed E-state index contributed by atoms with van der Waals surface area (Å²) >= 11 is 0. The molecule has 0 fully saturated rings. The van der Waals surface area contributed by atoms with Gasteiger partial charge < -0.3 is 0 Å². The number of nitro benzene ring substituents is 2. The summed E-state index contributed by atoms with van der Waals surface area (Å²) in [7, 11) is -8.78. The SMILES string of the molecule is O=[N+]([O-])c1ccccc1S(=O)(=O)NC1C=CCCC1NS(=O)(=O)c1ccccc1[N+](=O)[O-]. The van der Waals surface area contributed by atoms with Gasteiger partial charge in [0.05, 0.1) is 15.9 Å². The van der Waals surface area contributed by atoms with Crippen LogP contribution in [0.3, 0.4) is 0 Å². The second-order valence-corrected chi connectivity index (χ2v) is 10.2. The monoisotopic (exact) mass is 482 g/mol. The maximum Gasteiger partial charge on any atom is 0.289 e. The van der Waals surface area contributed by atoms with Gasteiger partial charge in [0.1, 0.15) is 0 Å². The Hall–Kier alpha value is -3.20. The Bertz CT molecular complexity index is 1290. The lowest BCUT2D eigenvalue weighted by molar-refractivity contribution is -0.388. The van der Waals surface area contributed by atoms with E-state index in [2.05, 4.69) is 9.44 Å². The smallest absolute Gasteiger partial charge is 0.258 e. The molecule has 2 aromatic carbocycles. The number of hydrogen-bond donors (Lipinski definition) is 2. The van der Waals surface area contributed by atoms with Crippen molar-refractivity contribution in [1.82, 2.24) is 9.44 Å². The summed E-state index contributed by atoms with van der Waals surface area (Å²) < 4.78 is 56.0. The summed E-state index contributed by atoms with van der Waals surface area (Å²) in [5.74, 6) is 0. The molecule has 0 aliphatic heterocycles. The number of benzene rings is 2. The molecule has 0 amide bonds. The van der Waals surface area contributed by atoms with Gasteiger partial charge in [-0.2, -0.15) is 0 Å². The van der Waals surface area contributed by atoms with Crippen molar-refractivity contribution in [3.8, 4) is 0 Å². The van der Waals surface area contributed by atoms with Gasteiger partial charge in [-0.05, 0) is 25.0 Å². The summed E-state index contributed by atoms with van der Waals surface area (Å²) in [6, 6.07) is 7.47. The third-order valence-electron chi connectivity index (χ3n) is 4.72. The first kappa shape index (κ1) is 23.5. The predicted molar refractivity (Wildman–Crippen MR) is 113 cm³/mol. The van der Waals surface area contributed by atoms with Gasteiger partial charge in [-0.25, -0.2) is 26.3 Å². The maximum absolute atomic E-state index is 12.8. The largest absolute Gasteiger partial charge is 0.289 e. The lowest BCUT2D eigenvalue weighted by Crippen LogP contribution is -2.51. The zero-order valence-electron chi connectivity index (χ0n) is 16.3. The van der Waals surface area contributed by atoms with Crippen LogP contribution in [0, 0.1) is 20.2 Å². The zero-order chi connectivity index (χ0) is 23.5. The molecule has 0 saturated carbocycles. The van der Waals surface area contributed by atoms with Crippen LogP contribution in [-0.4, -0.2) is 38.8 Å². The van der Waals surface area contributed by atoms with Crippen molar-refractivity contribution in [1.29, 1.82) is 0 Å². The molecule has 0 heterocycles. The van der Waals surface area contributed by atoms with Crippen molar-refractivity contribution in [2.75, 3.05) is 0 Å². The van der Waals surface area contributed by atoms with Gasteiger partial charge in [0, 0.05) is 18.2 Å². The van der Waals surface area contributed by atoms with E-state index in [-0.39, 0.29) is 6.42 Å². The molecule has 2 unspecified atom stereocenters. The fourth-order valence-corrected chi connectivity index (χ4v) is 6.13. The molecule has 0 bridgehead atoms. The molecule has 0 aromatic heterocycles. The first-order valence-corrected chi connectivity index (χ1v) is 12.2. The first-order chi connectivity index (χ1) is 15.0. The van der Waals surface area contributed by atoms with Crippen LogP contribution < -0.4 is 9.44 Å². The molecule has 2 N–H and O–H groups in total. The van der Waals surface area contributed by atoms with Crippen LogP contribution in [0.15, 0.2) is 70.5 Å². The maximum atomic E-state index is 12.8. The number of hydrogen-bond acceptors (Lipinski definition) is 8. The van der Waals surface area contributed by atoms with Gasteiger partial charge in [-0.15, -0.1) is 0 Å². The number of nitrogens with zero attached hydrogens (tertiary/aromatic N) is 2. The Morgan fingerprint density at radius 1 is 0.781 bits per heavy atom. The van der Waals surface area contributed by atoms with Gasteiger partial charge in [0.15, 0.2) is 9.79 Å². The molecule has 0 saturated heterocycles. The lowest BCUT2D eigenvalue weighted by atomic mass is 9.99. The zero-order valence-corrected chi connectivity index (χ0v) is 18.0. The highest BCUT2D eigenvalue weighted by Gasteiger charge is 2.35. The lowest BCUT2D eigenvalue weighted by Gasteiger charge is -2.28. The van der Waals surface area contributed by atoms with Crippen molar-refractivity contribution >= 4 is 31.4 Å². The second kappa shape index (κ2) is 9.12. The minimum atomic E-state index is -4.40. The van der Waals surface area contributed by atoms with Crippen LogP contribution in [-0.2, 0) is 20.0 Å². The fraction of sp³-hybridized carbons (Fsp3) is 0.222. The van der Waals surface area contributed by atoms with Crippen LogP contribution in [0.1, 0.15) is 12.8 Å². The number of nitrogens with one attached hydrogen (secondary N) is 2. The number of allylic oxidation sites excluding steroid dienone is 1. The van der Waals surface area contributed by atoms with E-state index in [9.17, 15) is 37.1 Å². The summed E-state index contributed by atoms with van der Waals surface area (Å²) in [5, 5.41) is 22.4. The normalized spacial score (nSPS) is 18.9. The van der Waals surface area contributed by atoms with Crippen LogP contribution in [0.25, 0.3) is 0 Å².